The van der Waals surface area contributed by atoms with E-state index < -0.39 is 261 Å². The standard InChI is InChI=1S/C78H92O30.Ca.K.Na/c1-35-13-11-17-71(7)27-43(33-101-69-59(91)57(89)55(87)47(31-81)103-69)39(5)23-75(71)61(93)49(65(97)105-75)46(84)16-20-74(10)26-42(30-80)38(4)22-78(74)64(96)52(68(100)108-78)54(86)36(2)14-12-18-72(8)28-44(34-102-70-60(92)58(90)56(88)48(32-82)104-70)40(6)24-76(72)62(94)50(66(98)106-76)45(83)15-19-73(9)25-41(29-79)37(3)21-77(73)63(95)51(53(35)85)67(99)107-77;;;/h11-20,25-28,37-40,47-48,55-60,69-70,79-92H,21-24,29-34H2,1-10H3;;;/q;+2;2*+1/b17-11+,18-12+,19-15+,20-16+,35-13+,36-14+,49-46+,50-45+,53-51-,54-52+;;;/t37?,38?,39?,40?,47-,48-,55+,56+,57+,58+,59-,60-,69+,70+,71?,72?,73?,74?,75?,76?,77?,78?;;;/m1.../s1. The molecule has 0 aromatic carbocycles. The van der Waals surface area contributed by atoms with Crippen molar-refractivity contribution in [2.45, 2.75) is 179 Å². The van der Waals surface area contributed by atoms with Gasteiger partial charge in [0, 0.05) is 25.7 Å². The van der Waals surface area contributed by atoms with Crippen molar-refractivity contribution >= 4 is 84.7 Å². The maximum atomic E-state index is 15.5. The van der Waals surface area contributed by atoms with Gasteiger partial charge in [0.1, 0.15) is 94.2 Å². The van der Waals surface area contributed by atoms with Crippen LogP contribution in [0, 0.1) is 45.3 Å². The molecule has 6 heterocycles. The van der Waals surface area contributed by atoms with Gasteiger partial charge in [0.25, 0.3) is 0 Å². The summed E-state index contributed by atoms with van der Waals surface area (Å²) in [5.41, 5.74) is -19.0. The molecule has 33 heteroatoms. The van der Waals surface area contributed by atoms with Crippen LogP contribution in [0.3, 0.4) is 0 Å². The van der Waals surface area contributed by atoms with Gasteiger partial charge in [0.15, 0.2) is 35.0 Å². The van der Waals surface area contributed by atoms with Gasteiger partial charge >= 0.3 is 143 Å². The second-order valence-corrected chi connectivity index (χ2v) is 31.0. The van der Waals surface area contributed by atoms with E-state index >= 15 is 19.2 Å². The Balaban J connectivity index is 0.00000516. The first-order valence-electron chi connectivity index (χ1n) is 35.5. The number of ether oxygens (including phenoxy) is 8. The topological polar surface area (TPSA) is 494 Å². The van der Waals surface area contributed by atoms with Crippen molar-refractivity contribution < 1.29 is 229 Å². The van der Waals surface area contributed by atoms with E-state index in [0.717, 1.165) is 12.2 Å². The molecule has 30 nitrogen and oxygen atoms in total. The first kappa shape index (κ1) is 92.0. The van der Waals surface area contributed by atoms with Crippen LogP contribution in [0.15, 0.2) is 164 Å². The molecule has 12 unspecified atom stereocenters. The summed E-state index contributed by atoms with van der Waals surface area (Å²) in [7, 11) is 0. The molecular formula is C78H92CaKNaO30+4. The summed E-state index contributed by atoms with van der Waals surface area (Å²) >= 11 is 0. The first-order chi connectivity index (χ1) is 50.6. The number of ketones is 4. The molecule has 0 aromatic rings. The maximum absolute atomic E-state index is 15.5. The summed E-state index contributed by atoms with van der Waals surface area (Å²) in [6, 6.07) is 0. The average Bonchev–Trinajstić information content (AvgIpc) is 1.60. The van der Waals surface area contributed by atoms with Crippen molar-refractivity contribution in [2.24, 2.45) is 45.3 Å². The Hall–Kier alpha value is -4.54. The number of carbonyl (C=O) groups is 8. The number of aliphatic hydroxyl groups is 14. The molecule has 8 bridgehead atoms. The summed E-state index contributed by atoms with van der Waals surface area (Å²) in [5.74, 6) is -16.4. The van der Waals surface area contributed by atoms with Gasteiger partial charge in [-0.2, -0.15) is 0 Å². The summed E-state index contributed by atoms with van der Waals surface area (Å²) in [4.78, 5) is 120. The van der Waals surface area contributed by atoms with Crippen molar-refractivity contribution in [2.75, 3.05) is 39.6 Å². The fraction of sp³-hybridized carbons (Fsp3) is 0.538. The fourth-order valence-corrected chi connectivity index (χ4v) is 17.0. The second kappa shape index (κ2) is 34.2. The van der Waals surface area contributed by atoms with E-state index in [4.69, 9.17) is 37.9 Å². The molecule has 5 aliphatic carbocycles. The molecule has 0 radical (unpaired) electrons. The Bertz CT molecular complexity index is 4050. The molecule has 0 amide bonds. The molecule has 11 aliphatic rings. The number of esters is 4. The van der Waals surface area contributed by atoms with Crippen LogP contribution < -0.4 is 80.9 Å². The summed E-state index contributed by atoms with van der Waals surface area (Å²) < 4.78 is 47.6. The molecular weight excluding hydrogens is 1520 g/mol. The molecule has 4 spiro atoms. The monoisotopic (exact) mass is 1610 g/mol. The van der Waals surface area contributed by atoms with E-state index in [1.54, 1.807) is 27.7 Å². The van der Waals surface area contributed by atoms with Crippen molar-refractivity contribution in [3.8, 4) is 0 Å². The number of aliphatic hydroxyl groups excluding tert-OH is 14. The summed E-state index contributed by atoms with van der Waals surface area (Å²) in [6.45, 7) is 11.3. The van der Waals surface area contributed by atoms with Gasteiger partial charge in [-0.3, -0.25) is 19.2 Å². The van der Waals surface area contributed by atoms with E-state index in [-0.39, 0.29) is 156 Å². The van der Waals surface area contributed by atoms with Gasteiger partial charge < -0.3 is 109 Å². The van der Waals surface area contributed by atoms with Crippen LogP contribution in [0.2, 0.25) is 0 Å². The van der Waals surface area contributed by atoms with Crippen LogP contribution in [0.25, 0.3) is 0 Å². The largest absolute Gasteiger partial charge is 2.00 e. The number of fused-ring (bicyclic) bond motifs is 4. The van der Waals surface area contributed by atoms with Gasteiger partial charge in [-0.1, -0.05) is 101 Å². The molecule has 0 saturated carbocycles. The second-order valence-electron chi connectivity index (χ2n) is 31.0. The van der Waals surface area contributed by atoms with Gasteiger partial charge in [-0.25, -0.2) is 19.2 Å². The zero-order chi connectivity index (χ0) is 79.4. The fourth-order valence-electron chi connectivity index (χ4n) is 17.0. The predicted octanol–water partition coefficient (Wildman–Crippen LogP) is -4.04. The third-order valence-corrected chi connectivity index (χ3v) is 24.0. The van der Waals surface area contributed by atoms with Crippen molar-refractivity contribution in [3.05, 3.63) is 164 Å². The molecule has 14 N–H and O–H groups in total. The Labute approximate surface area is 733 Å². The Morgan fingerprint density at radius 3 is 0.982 bits per heavy atom. The number of rotatable bonds is 10. The third-order valence-electron chi connectivity index (χ3n) is 24.0. The minimum atomic E-state index is -2.28. The average molecular weight is 1610 g/mol. The normalized spacial score (nSPS) is 44.8. The van der Waals surface area contributed by atoms with Crippen LogP contribution in [0.4, 0.5) is 0 Å². The van der Waals surface area contributed by atoms with E-state index in [2.05, 4.69) is 0 Å². The summed E-state index contributed by atoms with van der Waals surface area (Å²) in [5, 5.41) is 154. The molecule has 11 rings (SSSR count). The van der Waals surface area contributed by atoms with Crippen LogP contribution in [0.1, 0.15) is 94.9 Å². The molecule has 111 heavy (non-hydrogen) atoms. The van der Waals surface area contributed by atoms with Crippen molar-refractivity contribution in [1.82, 2.24) is 0 Å². The van der Waals surface area contributed by atoms with Crippen LogP contribution in [-0.4, -0.2) is 280 Å². The van der Waals surface area contributed by atoms with Crippen LogP contribution >= 0.6 is 0 Å². The van der Waals surface area contributed by atoms with E-state index in [1.165, 1.54) is 114 Å². The minimum absolute atomic E-state index is 0. The molecule has 584 valence electrons. The van der Waals surface area contributed by atoms with Gasteiger partial charge in [-0.15, -0.1) is 0 Å². The number of carbonyl (C=O) groups excluding carboxylic acids is 8. The smallest absolute Gasteiger partial charge is 0.507 e. The predicted molar refractivity (Wildman–Crippen MR) is 377 cm³/mol. The quantitative estimate of drug-likeness (QED) is 0.0325. The van der Waals surface area contributed by atoms with Crippen LogP contribution in [0.5, 0.6) is 0 Å². The number of Topliss-reactive ketones (excluding diaryl/α,β-unsaturated/α-hetero) is 4. The molecule has 0 aromatic heterocycles. The molecule has 22 atom stereocenters. The molecule has 6 aliphatic heterocycles. The Morgan fingerprint density at radius 1 is 0.414 bits per heavy atom. The van der Waals surface area contributed by atoms with Crippen molar-refractivity contribution in [3.63, 3.8) is 0 Å². The van der Waals surface area contributed by atoms with Gasteiger partial charge in [-0.05, 0) is 111 Å². The molecule has 6 fully saturated rings. The Kier molecular flexibility index (Phi) is 28.3. The zero-order valence-electron chi connectivity index (χ0n) is 63.7. The maximum Gasteiger partial charge on any atom is 2.00 e. The Morgan fingerprint density at radius 2 is 0.685 bits per heavy atom. The molecule has 6 saturated heterocycles. The SMILES string of the molecule is CC1=C\C=C\C2(C)C=C(CO[C@H]3O[C@H](CO)[C@H](O)[C@H](O)[C@H]3O)C(C)CC23OC(=O)/C(=C(O)\C=C\C2(C)C=C(CO)C(C)CC24OC(=O)\C(=C(O)/C(C)=C/C=C/C2(C)C=C(CO[C@H]5O[C@H](CO)[C@H](O)[C@H](O)[C@H]5O)C(C)CC25OC(=O)/C(=C(O)\C=C\C2(C)C=C(CO)C(C)CC26OC(=O)\C(=C\1O)C6=O)C5=O)C4=O)C3=O.[Ca+2].[K+].[Na+]. The summed E-state index contributed by atoms with van der Waals surface area (Å²) in [6.07, 6.45) is -0.393. The van der Waals surface area contributed by atoms with E-state index in [9.17, 15) is 90.7 Å². The van der Waals surface area contributed by atoms with Gasteiger partial charge in [0.2, 0.25) is 23.1 Å². The number of hydrogen-bond donors (Lipinski definition) is 14. The minimum Gasteiger partial charge on any atom is -0.507 e. The zero-order valence-corrected chi connectivity index (χ0v) is 71.1. The third kappa shape index (κ3) is 15.3. The number of allylic oxidation sites excluding steroid dienone is 8. The van der Waals surface area contributed by atoms with E-state index in [1.807, 2.05) is 0 Å². The van der Waals surface area contributed by atoms with Crippen molar-refractivity contribution in [1.29, 1.82) is 0 Å². The van der Waals surface area contributed by atoms with Crippen LogP contribution in [-0.2, 0) is 76.3 Å². The van der Waals surface area contributed by atoms with Gasteiger partial charge in [0.05, 0.1) is 61.3 Å². The number of hydrogen-bond acceptors (Lipinski definition) is 30. The first-order valence-corrected chi connectivity index (χ1v) is 35.5. The van der Waals surface area contributed by atoms with E-state index in [0.29, 0.717) is 22.3 Å².